The molecule has 1 aliphatic carbocycles. The van der Waals surface area contributed by atoms with Gasteiger partial charge in [-0.25, -0.2) is 0 Å². The molecule has 0 heterocycles. The van der Waals surface area contributed by atoms with Crippen molar-refractivity contribution in [1.82, 2.24) is 0 Å². The van der Waals surface area contributed by atoms with Crippen LogP contribution >= 0.6 is 11.8 Å². The Morgan fingerprint density at radius 2 is 2.06 bits per heavy atom. The molecule has 3 heteroatoms. The van der Waals surface area contributed by atoms with Gasteiger partial charge in [-0.2, -0.15) is 0 Å². The molecule has 0 saturated heterocycles. The van der Waals surface area contributed by atoms with Gasteiger partial charge < -0.3 is 9.84 Å². The third-order valence-corrected chi connectivity index (χ3v) is 3.73. The van der Waals surface area contributed by atoms with Crippen molar-refractivity contribution in [2.45, 2.75) is 37.7 Å². The first-order chi connectivity index (χ1) is 8.33. The minimum Gasteiger partial charge on any atom is -0.483 e. The lowest BCUT2D eigenvalue weighted by atomic mass is 9.81. The molecule has 0 aromatic heterocycles. The van der Waals surface area contributed by atoms with Crippen molar-refractivity contribution in [3.63, 3.8) is 0 Å². The number of benzene rings is 1. The van der Waals surface area contributed by atoms with Gasteiger partial charge >= 0.3 is 0 Å². The number of aliphatic hydroxyl groups excluding tert-OH is 1. The quantitative estimate of drug-likeness (QED) is 0.833. The number of hydrogen-bond acceptors (Lipinski definition) is 3. The zero-order valence-electron chi connectivity index (χ0n) is 10.3. The number of rotatable bonds is 4. The Labute approximate surface area is 107 Å². The van der Waals surface area contributed by atoms with E-state index in [1.807, 2.05) is 24.5 Å². The largest absolute Gasteiger partial charge is 0.483 e. The average Bonchev–Trinajstić information content (AvgIpc) is 2.37. The Kier molecular flexibility index (Phi) is 4.75. The molecule has 0 radical (unpaired) electrons. The van der Waals surface area contributed by atoms with Gasteiger partial charge in [0, 0.05) is 5.92 Å². The Morgan fingerprint density at radius 1 is 1.29 bits per heavy atom. The summed E-state index contributed by atoms with van der Waals surface area (Å²) in [6.45, 7) is 0. The van der Waals surface area contributed by atoms with Gasteiger partial charge in [-0.05, 0) is 30.7 Å². The minimum atomic E-state index is -0.206. The first kappa shape index (κ1) is 12.8. The monoisotopic (exact) mass is 252 g/mol. The van der Waals surface area contributed by atoms with Crippen LogP contribution in [-0.4, -0.2) is 23.4 Å². The van der Waals surface area contributed by atoms with Crippen LogP contribution in [0.25, 0.3) is 0 Å². The third-order valence-electron chi connectivity index (χ3n) is 3.38. The van der Waals surface area contributed by atoms with Crippen LogP contribution in [0.2, 0.25) is 0 Å². The molecular formula is C14H20O2S. The van der Waals surface area contributed by atoms with E-state index in [0.717, 1.165) is 25.0 Å². The van der Waals surface area contributed by atoms with E-state index < -0.39 is 0 Å². The molecule has 0 bridgehead atoms. The molecule has 1 aliphatic rings. The van der Waals surface area contributed by atoms with Crippen molar-refractivity contribution < 1.29 is 9.84 Å². The standard InChI is InChI=1S/C14H20O2S/c1-17-10-16-14-9-5-3-7-12(14)11-6-2-4-8-13(11)15/h3,5,7,9,11,13,15H,2,4,6,8,10H2,1H3/t11-,13+/m1/s1. The van der Waals surface area contributed by atoms with E-state index in [0.29, 0.717) is 5.94 Å². The summed E-state index contributed by atoms with van der Waals surface area (Å²) < 4.78 is 5.74. The van der Waals surface area contributed by atoms with Gasteiger partial charge in [0.1, 0.15) is 11.7 Å². The normalized spacial score (nSPS) is 24.6. The van der Waals surface area contributed by atoms with Crippen molar-refractivity contribution in [3.8, 4) is 5.75 Å². The molecule has 0 amide bonds. The predicted octanol–water partition coefficient (Wildman–Crippen LogP) is 3.40. The summed E-state index contributed by atoms with van der Waals surface area (Å²) in [6.07, 6.45) is 6.16. The van der Waals surface area contributed by atoms with Gasteiger partial charge in [0.2, 0.25) is 0 Å². The second-order valence-electron chi connectivity index (χ2n) is 4.55. The molecule has 1 aromatic carbocycles. The van der Waals surface area contributed by atoms with Crippen LogP contribution in [-0.2, 0) is 0 Å². The first-order valence-electron chi connectivity index (χ1n) is 6.21. The van der Waals surface area contributed by atoms with Crippen LogP contribution in [0.15, 0.2) is 24.3 Å². The topological polar surface area (TPSA) is 29.5 Å². The summed E-state index contributed by atoms with van der Waals surface area (Å²) in [4.78, 5) is 0. The van der Waals surface area contributed by atoms with Crippen LogP contribution in [0.1, 0.15) is 37.2 Å². The van der Waals surface area contributed by atoms with Gasteiger partial charge in [0.25, 0.3) is 0 Å². The van der Waals surface area contributed by atoms with E-state index in [1.54, 1.807) is 11.8 Å². The maximum Gasteiger partial charge on any atom is 0.133 e. The van der Waals surface area contributed by atoms with Crippen LogP contribution in [0.3, 0.4) is 0 Å². The fourth-order valence-corrected chi connectivity index (χ4v) is 2.76. The lowest BCUT2D eigenvalue weighted by Crippen LogP contribution is -2.23. The SMILES string of the molecule is CSCOc1ccccc1[C@H]1CCCC[C@@H]1O. The van der Waals surface area contributed by atoms with Crippen molar-refractivity contribution in [2.75, 3.05) is 12.2 Å². The smallest absolute Gasteiger partial charge is 0.133 e. The molecule has 0 unspecified atom stereocenters. The summed E-state index contributed by atoms with van der Waals surface area (Å²) in [6, 6.07) is 8.12. The maximum absolute atomic E-state index is 10.1. The summed E-state index contributed by atoms with van der Waals surface area (Å²) >= 11 is 1.67. The number of para-hydroxylation sites is 1. The van der Waals surface area contributed by atoms with Crippen molar-refractivity contribution >= 4 is 11.8 Å². The molecule has 1 N–H and O–H groups in total. The van der Waals surface area contributed by atoms with Crippen LogP contribution in [0, 0.1) is 0 Å². The molecular weight excluding hydrogens is 232 g/mol. The van der Waals surface area contributed by atoms with E-state index >= 15 is 0 Å². The van der Waals surface area contributed by atoms with Gasteiger partial charge in [-0.3, -0.25) is 0 Å². The molecule has 1 aromatic rings. The van der Waals surface area contributed by atoms with E-state index in [4.69, 9.17) is 4.74 Å². The van der Waals surface area contributed by atoms with Gasteiger partial charge in [0.05, 0.1) is 6.10 Å². The molecule has 2 atom stereocenters. The highest BCUT2D eigenvalue weighted by Gasteiger charge is 2.26. The van der Waals surface area contributed by atoms with Crippen LogP contribution in [0.4, 0.5) is 0 Å². The lowest BCUT2D eigenvalue weighted by Gasteiger charge is -2.29. The Hall–Kier alpha value is -0.670. The van der Waals surface area contributed by atoms with E-state index in [2.05, 4.69) is 6.07 Å². The third kappa shape index (κ3) is 3.17. The molecule has 1 fully saturated rings. The van der Waals surface area contributed by atoms with Crippen molar-refractivity contribution in [1.29, 1.82) is 0 Å². The first-order valence-corrected chi connectivity index (χ1v) is 7.61. The molecule has 94 valence electrons. The fraction of sp³-hybridized carbons (Fsp3) is 0.571. The van der Waals surface area contributed by atoms with Gasteiger partial charge in [-0.1, -0.05) is 31.0 Å². The fourth-order valence-electron chi connectivity index (χ4n) is 2.51. The maximum atomic E-state index is 10.1. The van der Waals surface area contributed by atoms with Gasteiger partial charge in [-0.15, -0.1) is 11.8 Å². The van der Waals surface area contributed by atoms with Gasteiger partial charge in [0.15, 0.2) is 0 Å². The highest BCUT2D eigenvalue weighted by atomic mass is 32.2. The Bertz CT molecular complexity index is 354. The second kappa shape index (κ2) is 6.31. The minimum absolute atomic E-state index is 0.206. The zero-order chi connectivity index (χ0) is 12.1. The second-order valence-corrected chi connectivity index (χ2v) is 5.36. The number of ether oxygens (including phenoxy) is 1. The molecule has 2 nitrogen and oxygen atoms in total. The number of hydrogen-bond donors (Lipinski definition) is 1. The zero-order valence-corrected chi connectivity index (χ0v) is 11.1. The molecule has 1 saturated carbocycles. The summed E-state index contributed by atoms with van der Waals surface area (Å²) in [5.41, 5.74) is 1.17. The van der Waals surface area contributed by atoms with Crippen molar-refractivity contribution in [3.05, 3.63) is 29.8 Å². The van der Waals surface area contributed by atoms with E-state index in [9.17, 15) is 5.11 Å². The molecule has 2 rings (SSSR count). The average molecular weight is 252 g/mol. The van der Waals surface area contributed by atoms with Crippen LogP contribution < -0.4 is 4.74 Å². The highest BCUT2D eigenvalue weighted by molar-refractivity contribution is 7.98. The number of thioether (sulfide) groups is 1. The molecule has 0 aliphatic heterocycles. The Balaban J connectivity index is 2.17. The lowest BCUT2D eigenvalue weighted by molar-refractivity contribution is 0.105. The summed E-state index contributed by atoms with van der Waals surface area (Å²) in [5.74, 6) is 1.86. The van der Waals surface area contributed by atoms with E-state index in [1.165, 1.54) is 12.0 Å². The Morgan fingerprint density at radius 3 is 2.82 bits per heavy atom. The van der Waals surface area contributed by atoms with Crippen molar-refractivity contribution in [2.24, 2.45) is 0 Å². The molecule has 17 heavy (non-hydrogen) atoms. The number of aliphatic hydroxyl groups is 1. The molecule has 0 spiro atoms. The van der Waals surface area contributed by atoms with E-state index in [-0.39, 0.29) is 12.0 Å². The highest BCUT2D eigenvalue weighted by Crippen LogP contribution is 2.37. The summed E-state index contributed by atoms with van der Waals surface area (Å²) in [7, 11) is 0. The predicted molar refractivity (Wildman–Crippen MR) is 72.7 cm³/mol. The summed E-state index contributed by atoms with van der Waals surface area (Å²) in [5, 5.41) is 10.1. The van der Waals surface area contributed by atoms with Crippen LogP contribution in [0.5, 0.6) is 5.75 Å².